The fourth-order valence-electron chi connectivity index (χ4n) is 6.83. The van der Waals surface area contributed by atoms with Crippen molar-refractivity contribution in [2.45, 2.75) is 45.6 Å². The molecule has 0 saturated carbocycles. The Morgan fingerprint density at radius 1 is 0.592 bits per heavy atom. The highest BCUT2D eigenvalue weighted by atomic mass is 35.5. The van der Waals surface area contributed by atoms with E-state index in [1.807, 2.05) is 0 Å². The molecule has 76 heavy (non-hydrogen) atoms. The normalized spacial score (nSPS) is 13.4. The Kier molecular flexibility index (Phi) is 17.9. The number of nitrogen functional groups attached to an aromatic ring is 1. The molecule has 32 nitrogen and oxygen atoms in total. The number of nitrogens with zero attached hydrogens (tertiary/aromatic N) is 12. The van der Waals surface area contributed by atoms with Crippen LogP contribution in [0.3, 0.4) is 0 Å². The van der Waals surface area contributed by atoms with Gasteiger partial charge < -0.3 is 69.9 Å². The molecule has 0 saturated heterocycles. The molecule has 2 heterocycles. The van der Waals surface area contributed by atoms with Crippen molar-refractivity contribution >= 4 is 138 Å². The summed E-state index contributed by atoms with van der Waals surface area (Å²) in [6, 6.07) is 5.93. The number of nitrogens with two attached hydrogens (primary N) is 1. The molecule has 0 amide bonds. The summed E-state index contributed by atoms with van der Waals surface area (Å²) in [6.45, 7) is 1.80. The molecule has 408 valence electrons. The van der Waals surface area contributed by atoms with Gasteiger partial charge in [-0.3, -0.25) is 0 Å². The Morgan fingerprint density at radius 2 is 0.987 bits per heavy atom. The number of phenolic OH excluding ortho intramolecular Hbond substituents is 1. The van der Waals surface area contributed by atoms with E-state index in [1.54, 1.807) is 0 Å². The lowest BCUT2D eigenvalue weighted by Crippen LogP contribution is -2.37. The maximum atomic E-state index is 12.7. The van der Waals surface area contributed by atoms with Crippen LogP contribution in [0.15, 0.2) is 88.6 Å². The quantitative estimate of drug-likeness (QED) is 0.0274. The molecule has 0 spiro atoms. The van der Waals surface area contributed by atoms with Gasteiger partial charge in [0.2, 0.25) is 34.4 Å². The molecule has 0 fully saturated rings. The van der Waals surface area contributed by atoms with Gasteiger partial charge in [-0.15, -0.1) is 20.5 Å². The largest absolute Gasteiger partial charge is 0.744 e. The number of aromatic hydroxyl groups is 1. The number of aliphatic hydroxyl groups excluding tert-OH is 4. The molecule has 0 bridgehead atoms. The van der Waals surface area contributed by atoms with Crippen LogP contribution in [0.1, 0.15) is 13.8 Å². The van der Waals surface area contributed by atoms with E-state index in [2.05, 4.69) is 61.0 Å². The van der Waals surface area contributed by atoms with Gasteiger partial charge in [0.1, 0.15) is 63.2 Å². The van der Waals surface area contributed by atoms with Crippen molar-refractivity contribution in [3.63, 3.8) is 0 Å². The van der Waals surface area contributed by atoms with Gasteiger partial charge in [-0.25, -0.2) is 33.7 Å². The minimum atomic E-state index is -5.82. The Bertz CT molecular complexity index is 3740. The number of azo groups is 2. The average molecular weight is 1170 g/mol. The van der Waals surface area contributed by atoms with Crippen LogP contribution in [0.5, 0.6) is 5.75 Å². The van der Waals surface area contributed by atoms with E-state index in [0.717, 1.165) is 30.3 Å². The van der Waals surface area contributed by atoms with Gasteiger partial charge in [-0.05, 0) is 91.0 Å². The van der Waals surface area contributed by atoms with E-state index < -0.39 is 141 Å². The number of anilines is 7. The lowest BCUT2D eigenvalue weighted by molar-refractivity contribution is 0.177. The zero-order chi connectivity index (χ0) is 56.2. The van der Waals surface area contributed by atoms with Crippen LogP contribution in [-0.2, 0) is 40.5 Å². The smallest absolute Gasteiger partial charge is 0.233 e. The summed E-state index contributed by atoms with van der Waals surface area (Å²) >= 11 is 12.2. The van der Waals surface area contributed by atoms with Crippen LogP contribution in [0, 0.1) is 0 Å². The molecule has 2 aromatic heterocycles. The van der Waals surface area contributed by atoms with Crippen molar-refractivity contribution in [1.29, 1.82) is 0 Å². The summed E-state index contributed by atoms with van der Waals surface area (Å²) in [6.07, 6.45) is -1.89. The second kappa shape index (κ2) is 23.2. The highest BCUT2D eigenvalue weighted by Crippen LogP contribution is 2.49. The molecule has 0 aliphatic carbocycles. The summed E-state index contributed by atoms with van der Waals surface area (Å²) in [4.78, 5) is 21.7. The summed E-state index contributed by atoms with van der Waals surface area (Å²) in [5.41, 5.74) is 0.652. The van der Waals surface area contributed by atoms with E-state index in [4.69, 9.17) is 28.9 Å². The fourth-order valence-corrected chi connectivity index (χ4v) is 9.63. The molecule has 9 N–H and O–H groups in total. The van der Waals surface area contributed by atoms with Gasteiger partial charge >= 0.3 is 0 Å². The van der Waals surface area contributed by atoms with Crippen LogP contribution in [0.2, 0.25) is 10.6 Å². The van der Waals surface area contributed by atoms with Crippen molar-refractivity contribution in [2.75, 3.05) is 65.6 Å². The van der Waals surface area contributed by atoms with Gasteiger partial charge in [0.15, 0.2) is 5.75 Å². The standard InChI is InChI=1S/C38H41Cl2N15O17S4/c1-17(58)15-55(16-18(2)59)38-47-34(40)45-36(49-38)43-20-3-5-24(73(61,62)63)22(13-20)50-52-30-26(75(67,68)69)11-19-12-27(76(70,71)72)31(32(60)28(19)29(30)41)53-51-23-14-21(4-6-25(23)74(64,65)66)42-35-44-33(39)46-37(48-35)54(7-9-56)8-10-57/h3-6,11-14,17-18,56-60H,7-10,15-16,41H2,1-2H3,(H,61,62,63)(H,64,65,66)(H,67,68,69)(H,70,71,72)(H,42,44,46,48)(H,43,45,47,49)/p-4. The molecular weight excluding hydrogens is 1140 g/mol. The SMILES string of the molecule is CC(O)CN(CC(C)O)c1nc(Cl)nc(Nc2ccc(S(=O)(=O)[O-])c(N=Nc3c(S(=O)(=O)[O-])cc4cc(S(=O)(=O)[O-])c(N=Nc5cc(Nc6nc(Cl)nc(N(CCO)CCO)n6)ccc5S(=O)(=O)[O-])c(O)c4c3N)c2)n1. The number of nitrogens with one attached hydrogen (secondary N) is 2. The van der Waals surface area contributed by atoms with E-state index in [9.17, 15) is 77.4 Å². The number of aromatic nitrogens is 6. The number of aliphatic hydroxyl groups is 4. The first-order valence-corrected chi connectivity index (χ1v) is 27.3. The molecular formula is C38H37Cl2N15O17S4-4. The third-order valence-corrected chi connectivity index (χ3v) is 13.6. The number of benzene rings is 4. The van der Waals surface area contributed by atoms with E-state index in [1.165, 1.54) is 23.6 Å². The van der Waals surface area contributed by atoms with Crippen LogP contribution in [-0.4, -0.2) is 159 Å². The minimum absolute atomic E-state index is 0.0643. The number of hydrogen-bond donors (Lipinski definition) is 8. The minimum Gasteiger partial charge on any atom is -0.744 e. The van der Waals surface area contributed by atoms with Crippen LogP contribution >= 0.6 is 23.2 Å². The van der Waals surface area contributed by atoms with Gasteiger partial charge in [-0.1, -0.05) is 0 Å². The van der Waals surface area contributed by atoms with Crippen molar-refractivity contribution in [2.24, 2.45) is 20.5 Å². The van der Waals surface area contributed by atoms with Gasteiger partial charge in [0.25, 0.3) is 0 Å². The maximum Gasteiger partial charge on any atom is 0.233 e. The van der Waals surface area contributed by atoms with Gasteiger partial charge in [-0.2, -0.15) is 29.9 Å². The Hall–Kier alpha value is -6.78. The summed E-state index contributed by atoms with van der Waals surface area (Å²) in [5.74, 6) is -2.35. The third kappa shape index (κ3) is 14.4. The highest BCUT2D eigenvalue weighted by molar-refractivity contribution is 7.86. The number of phenols is 1. The second-order valence-electron chi connectivity index (χ2n) is 15.6. The molecule has 4 aromatic carbocycles. The maximum absolute atomic E-state index is 12.7. The average Bonchev–Trinajstić information content (AvgIpc) is 3.29. The molecule has 6 rings (SSSR count). The first kappa shape index (κ1) is 58.5. The van der Waals surface area contributed by atoms with Crippen LogP contribution < -0.4 is 26.2 Å². The first-order chi connectivity index (χ1) is 35.4. The first-order valence-electron chi connectivity index (χ1n) is 20.9. The highest BCUT2D eigenvalue weighted by Gasteiger charge is 2.26. The molecule has 2 unspecified atom stereocenters. The molecule has 38 heteroatoms. The Labute approximate surface area is 439 Å². The number of hydrogen-bond acceptors (Lipinski definition) is 32. The molecule has 2 atom stereocenters. The van der Waals surface area contributed by atoms with Gasteiger partial charge in [0.05, 0.1) is 56.1 Å². The predicted molar refractivity (Wildman–Crippen MR) is 261 cm³/mol. The summed E-state index contributed by atoms with van der Waals surface area (Å²) in [5, 5.41) is 67.9. The molecule has 0 radical (unpaired) electrons. The monoisotopic (exact) mass is 1170 g/mol. The number of fused-ring (bicyclic) bond motifs is 1. The van der Waals surface area contributed by atoms with E-state index >= 15 is 0 Å². The topological polar surface area (TPSA) is 513 Å². The lowest BCUT2D eigenvalue weighted by atomic mass is 10.1. The van der Waals surface area contributed by atoms with Crippen molar-refractivity contribution in [3.8, 4) is 5.75 Å². The Morgan fingerprint density at radius 3 is 1.38 bits per heavy atom. The van der Waals surface area contributed by atoms with Crippen molar-refractivity contribution in [1.82, 2.24) is 29.9 Å². The van der Waals surface area contributed by atoms with Crippen LogP contribution in [0.25, 0.3) is 10.8 Å². The molecule has 0 aliphatic heterocycles. The molecule has 0 aliphatic rings. The van der Waals surface area contributed by atoms with Gasteiger partial charge in [0, 0.05) is 37.6 Å². The van der Waals surface area contributed by atoms with E-state index in [-0.39, 0.29) is 61.3 Å². The second-order valence-corrected chi connectivity index (χ2v) is 21.7. The third-order valence-electron chi connectivity index (χ3n) is 9.80. The fraction of sp³-hybridized carbons (Fsp3) is 0.263. The van der Waals surface area contributed by atoms with E-state index in [0.29, 0.717) is 18.2 Å². The van der Waals surface area contributed by atoms with Crippen molar-refractivity contribution < 1.29 is 77.4 Å². The zero-order valence-electron chi connectivity index (χ0n) is 38.5. The summed E-state index contributed by atoms with van der Waals surface area (Å²) < 4.78 is 150. The number of halogens is 2. The number of rotatable bonds is 22. The molecule has 6 aromatic rings. The zero-order valence-corrected chi connectivity index (χ0v) is 43.3. The lowest BCUT2D eigenvalue weighted by Gasteiger charge is -2.25. The van der Waals surface area contributed by atoms with Crippen molar-refractivity contribution in [3.05, 3.63) is 59.1 Å². The Balaban J connectivity index is 1.49. The summed E-state index contributed by atoms with van der Waals surface area (Å²) in [7, 11) is -22.5. The van der Waals surface area contributed by atoms with Crippen LogP contribution in [0.4, 0.5) is 63.6 Å². The predicted octanol–water partition coefficient (Wildman–Crippen LogP) is 2.10.